The maximum atomic E-state index is 12.8. The number of rotatable bonds is 2. The highest BCUT2D eigenvalue weighted by atomic mass is 16.2. The molecule has 2 aromatic carbocycles. The van der Waals surface area contributed by atoms with Crippen LogP contribution in [-0.4, -0.2) is 25.5 Å². The number of benzene rings is 2. The summed E-state index contributed by atoms with van der Waals surface area (Å²) in [6.45, 7) is 2.64. The summed E-state index contributed by atoms with van der Waals surface area (Å²) in [4.78, 5) is 14.8. The number of amides is 1. The van der Waals surface area contributed by atoms with Crippen molar-refractivity contribution >= 4 is 11.6 Å². The zero-order valence-electron chi connectivity index (χ0n) is 13.3. The third kappa shape index (κ3) is 2.77. The van der Waals surface area contributed by atoms with Crippen LogP contribution in [0.1, 0.15) is 18.4 Å². The van der Waals surface area contributed by atoms with Crippen molar-refractivity contribution in [2.45, 2.75) is 19.3 Å². The minimum Gasteiger partial charge on any atom is -0.316 e. The topological polar surface area (TPSA) is 32.3 Å². The molecule has 23 heavy (non-hydrogen) atoms. The molecule has 1 N–H and O–H groups in total. The molecular weight excluding hydrogens is 284 g/mol. The van der Waals surface area contributed by atoms with Crippen LogP contribution in [0.25, 0.3) is 11.1 Å². The van der Waals surface area contributed by atoms with Gasteiger partial charge in [0, 0.05) is 18.8 Å². The molecule has 0 aromatic heterocycles. The second kappa shape index (κ2) is 6.17. The Hall–Kier alpha value is -2.13. The van der Waals surface area contributed by atoms with Crippen molar-refractivity contribution < 1.29 is 4.79 Å². The van der Waals surface area contributed by atoms with Crippen LogP contribution in [-0.2, 0) is 11.2 Å². The van der Waals surface area contributed by atoms with E-state index in [4.69, 9.17) is 0 Å². The van der Waals surface area contributed by atoms with Gasteiger partial charge in [-0.25, -0.2) is 0 Å². The highest BCUT2D eigenvalue weighted by Gasteiger charge is 2.30. The molecular formula is C20H22N2O. The van der Waals surface area contributed by atoms with Gasteiger partial charge in [-0.3, -0.25) is 4.79 Å². The number of hydrogen-bond acceptors (Lipinski definition) is 2. The lowest BCUT2D eigenvalue weighted by atomic mass is 9.95. The number of carbonyl (C=O) groups excluding carboxylic acids is 1. The molecule has 1 atom stereocenters. The van der Waals surface area contributed by atoms with Crippen molar-refractivity contribution in [1.82, 2.24) is 5.32 Å². The zero-order valence-corrected chi connectivity index (χ0v) is 13.3. The van der Waals surface area contributed by atoms with Crippen molar-refractivity contribution in [3.8, 4) is 11.1 Å². The molecule has 0 saturated carbocycles. The van der Waals surface area contributed by atoms with Crippen molar-refractivity contribution in [3.63, 3.8) is 0 Å². The van der Waals surface area contributed by atoms with Gasteiger partial charge < -0.3 is 10.2 Å². The van der Waals surface area contributed by atoms with Crippen LogP contribution in [0.15, 0.2) is 48.5 Å². The first-order chi connectivity index (χ1) is 11.3. The van der Waals surface area contributed by atoms with Gasteiger partial charge in [0.1, 0.15) is 0 Å². The molecule has 3 nitrogen and oxygen atoms in total. The van der Waals surface area contributed by atoms with E-state index in [-0.39, 0.29) is 5.92 Å². The van der Waals surface area contributed by atoms with E-state index in [1.807, 2.05) is 11.0 Å². The lowest BCUT2D eigenvalue weighted by Crippen LogP contribution is -2.40. The molecule has 2 heterocycles. The van der Waals surface area contributed by atoms with E-state index >= 15 is 0 Å². The van der Waals surface area contributed by atoms with Gasteiger partial charge in [-0.1, -0.05) is 36.4 Å². The van der Waals surface area contributed by atoms with Gasteiger partial charge in [0.15, 0.2) is 0 Å². The number of aryl methyl sites for hydroxylation is 1. The molecule has 2 aliphatic rings. The molecule has 1 fully saturated rings. The first kappa shape index (κ1) is 14.5. The monoisotopic (exact) mass is 306 g/mol. The summed E-state index contributed by atoms with van der Waals surface area (Å²) in [6.07, 6.45) is 3.08. The summed E-state index contributed by atoms with van der Waals surface area (Å²) >= 11 is 0. The average Bonchev–Trinajstić information content (AvgIpc) is 3.15. The van der Waals surface area contributed by atoms with E-state index in [1.54, 1.807) is 0 Å². The van der Waals surface area contributed by atoms with E-state index in [9.17, 15) is 4.79 Å². The van der Waals surface area contributed by atoms with Crippen molar-refractivity contribution in [2.75, 3.05) is 24.5 Å². The van der Waals surface area contributed by atoms with Crippen LogP contribution in [0.4, 0.5) is 5.69 Å². The van der Waals surface area contributed by atoms with Crippen LogP contribution in [0, 0.1) is 5.92 Å². The molecule has 1 saturated heterocycles. The van der Waals surface area contributed by atoms with Gasteiger partial charge in [-0.05, 0) is 54.6 Å². The second-order valence-corrected chi connectivity index (χ2v) is 6.49. The highest BCUT2D eigenvalue weighted by molar-refractivity contribution is 5.96. The standard InChI is InChI=1S/C20H22N2O/c23-20(18-10-11-21-14-18)22-12-4-7-17-13-16(8-9-19(17)22)15-5-2-1-3-6-15/h1-3,5-6,8-9,13,18,21H,4,7,10-12,14H2. The van der Waals surface area contributed by atoms with Crippen molar-refractivity contribution in [1.29, 1.82) is 0 Å². The number of carbonyl (C=O) groups is 1. The lowest BCUT2D eigenvalue weighted by Gasteiger charge is -2.31. The van der Waals surface area contributed by atoms with Crippen LogP contribution >= 0.6 is 0 Å². The molecule has 2 aliphatic heterocycles. The second-order valence-electron chi connectivity index (χ2n) is 6.49. The van der Waals surface area contributed by atoms with Crippen molar-refractivity contribution in [2.24, 2.45) is 5.92 Å². The van der Waals surface area contributed by atoms with Gasteiger partial charge in [0.05, 0.1) is 5.92 Å². The Balaban J connectivity index is 1.65. The van der Waals surface area contributed by atoms with Crippen LogP contribution < -0.4 is 10.2 Å². The van der Waals surface area contributed by atoms with E-state index in [0.29, 0.717) is 5.91 Å². The van der Waals surface area contributed by atoms with Crippen molar-refractivity contribution in [3.05, 3.63) is 54.1 Å². The third-order valence-corrected chi connectivity index (χ3v) is 4.98. The minimum atomic E-state index is 0.148. The van der Waals surface area contributed by atoms with Gasteiger partial charge in [0.25, 0.3) is 0 Å². The van der Waals surface area contributed by atoms with Crippen LogP contribution in [0.5, 0.6) is 0 Å². The summed E-state index contributed by atoms with van der Waals surface area (Å²) in [7, 11) is 0. The maximum absolute atomic E-state index is 12.8. The Kier molecular flexibility index (Phi) is 3.88. The molecule has 3 heteroatoms. The molecule has 1 unspecified atom stereocenters. The van der Waals surface area contributed by atoms with Crippen LogP contribution in [0.2, 0.25) is 0 Å². The summed E-state index contributed by atoms with van der Waals surface area (Å²) in [5.74, 6) is 0.443. The number of nitrogens with zero attached hydrogens (tertiary/aromatic N) is 1. The molecule has 0 bridgehead atoms. The quantitative estimate of drug-likeness (QED) is 0.924. The SMILES string of the molecule is O=C(C1CCNC1)N1CCCc2cc(-c3ccccc3)ccc21. The Morgan fingerprint density at radius 1 is 1.09 bits per heavy atom. The van der Waals surface area contributed by atoms with E-state index in [2.05, 4.69) is 47.8 Å². The number of fused-ring (bicyclic) bond motifs is 1. The van der Waals surface area contributed by atoms with Gasteiger partial charge >= 0.3 is 0 Å². The Labute approximate surface area is 137 Å². The lowest BCUT2D eigenvalue weighted by molar-refractivity contribution is -0.121. The minimum absolute atomic E-state index is 0.148. The number of hydrogen-bond donors (Lipinski definition) is 1. The van der Waals surface area contributed by atoms with E-state index in [1.165, 1.54) is 16.7 Å². The predicted molar refractivity (Wildman–Crippen MR) is 93.5 cm³/mol. The number of nitrogens with one attached hydrogen (secondary N) is 1. The molecule has 1 amide bonds. The molecule has 4 rings (SSSR count). The molecule has 2 aromatic rings. The summed E-state index contributed by atoms with van der Waals surface area (Å²) in [5.41, 5.74) is 4.89. The van der Waals surface area contributed by atoms with Gasteiger partial charge in [-0.15, -0.1) is 0 Å². The fourth-order valence-corrected chi connectivity index (χ4v) is 3.72. The number of anilines is 1. The van der Waals surface area contributed by atoms with E-state index in [0.717, 1.165) is 44.6 Å². The van der Waals surface area contributed by atoms with Crippen LogP contribution in [0.3, 0.4) is 0 Å². The fraction of sp³-hybridized carbons (Fsp3) is 0.350. The summed E-state index contributed by atoms with van der Waals surface area (Å²) in [6, 6.07) is 17.0. The predicted octanol–water partition coefficient (Wildman–Crippen LogP) is 3.24. The maximum Gasteiger partial charge on any atom is 0.231 e. The first-order valence-electron chi connectivity index (χ1n) is 8.53. The first-order valence-corrected chi connectivity index (χ1v) is 8.53. The Morgan fingerprint density at radius 3 is 2.74 bits per heavy atom. The summed E-state index contributed by atoms with van der Waals surface area (Å²) < 4.78 is 0. The highest BCUT2D eigenvalue weighted by Crippen LogP contribution is 2.33. The molecule has 0 radical (unpaired) electrons. The van der Waals surface area contributed by atoms with Gasteiger partial charge in [0.2, 0.25) is 5.91 Å². The molecule has 0 spiro atoms. The third-order valence-electron chi connectivity index (χ3n) is 4.98. The summed E-state index contributed by atoms with van der Waals surface area (Å²) in [5, 5.41) is 3.30. The Bertz CT molecular complexity index is 705. The Morgan fingerprint density at radius 2 is 1.96 bits per heavy atom. The average molecular weight is 306 g/mol. The zero-order chi connectivity index (χ0) is 15.6. The fourth-order valence-electron chi connectivity index (χ4n) is 3.72. The molecule has 118 valence electrons. The molecule has 0 aliphatic carbocycles. The largest absolute Gasteiger partial charge is 0.316 e. The smallest absolute Gasteiger partial charge is 0.231 e. The van der Waals surface area contributed by atoms with E-state index < -0.39 is 0 Å². The van der Waals surface area contributed by atoms with Gasteiger partial charge in [-0.2, -0.15) is 0 Å². The normalized spacial score (nSPS) is 20.3.